The van der Waals surface area contributed by atoms with E-state index in [0.29, 0.717) is 59.3 Å². The highest BCUT2D eigenvalue weighted by Crippen LogP contribution is 2.29. The molecular weight excluding hydrogens is 532 g/mol. The number of hydrogen-bond donors (Lipinski definition) is 1. The molecule has 0 fully saturated rings. The molecule has 0 aliphatic carbocycles. The van der Waals surface area contributed by atoms with Gasteiger partial charge in [0.15, 0.2) is 0 Å². The molecule has 2 aromatic carbocycles. The number of nitrogens with zero attached hydrogens (tertiary/aromatic N) is 1. The molecule has 1 N–H and O–H groups in total. The van der Waals surface area contributed by atoms with Crippen molar-refractivity contribution in [1.29, 1.82) is 0 Å². The maximum Gasteiger partial charge on any atom is 0.229 e. The molecule has 1 heterocycles. The van der Waals surface area contributed by atoms with E-state index >= 15 is 0 Å². The zero-order chi connectivity index (χ0) is 30.4. The Morgan fingerprint density at radius 1 is 0.738 bits per heavy atom. The molecule has 8 nitrogen and oxygen atoms in total. The van der Waals surface area contributed by atoms with Crippen LogP contribution in [0.15, 0.2) is 48.5 Å². The normalized spacial score (nSPS) is 13.6. The fourth-order valence-electron chi connectivity index (χ4n) is 4.91. The van der Waals surface area contributed by atoms with Crippen LogP contribution < -0.4 is 10.2 Å². The van der Waals surface area contributed by atoms with Gasteiger partial charge >= 0.3 is 0 Å². The Morgan fingerprint density at radius 2 is 1.31 bits per heavy atom. The summed E-state index contributed by atoms with van der Waals surface area (Å²) in [6.45, 7) is 12.9. The minimum Gasteiger partial charge on any atom is -0.382 e. The Labute approximate surface area is 252 Å². The van der Waals surface area contributed by atoms with Crippen LogP contribution >= 0.6 is 0 Å². The molecule has 0 atom stereocenters. The molecule has 1 aliphatic heterocycles. The van der Waals surface area contributed by atoms with Gasteiger partial charge in [-0.1, -0.05) is 70.2 Å². The number of aryl methyl sites for hydroxylation is 2. The van der Waals surface area contributed by atoms with E-state index in [0.717, 1.165) is 18.5 Å². The van der Waals surface area contributed by atoms with Crippen molar-refractivity contribution in [1.82, 2.24) is 5.32 Å². The molecule has 3 rings (SSSR count). The average molecular weight is 583 g/mol. The molecule has 0 saturated heterocycles. The second-order valence-corrected chi connectivity index (χ2v) is 12.6. The molecule has 2 aromatic rings. The number of ether oxygens (including phenoxy) is 4. The molecule has 0 bridgehead atoms. The molecule has 0 saturated carbocycles. The van der Waals surface area contributed by atoms with Crippen molar-refractivity contribution in [3.05, 3.63) is 65.2 Å². The Hall–Kier alpha value is -2.78. The van der Waals surface area contributed by atoms with Gasteiger partial charge in [-0.25, -0.2) is 0 Å². The van der Waals surface area contributed by atoms with E-state index < -0.39 is 0 Å². The SMILES string of the molecule is COCCOCC(C)(C)COCC(C)(C)COCCC(=O)NCCC(=O)N1Cc2ccccc2CCc2ccccc21. The summed E-state index contributed by atoms with van der Waals surface area (Å²) in [5, 5.41) is 2.89. The zero-order valence-corrected chi connectivity index (χ0v) is 26.2. The number of para-hydroxylation sites is 1. The summed E-state index contributed by atoms with van der Waals surface area (Å²) < 4.78 is 22.4. The Balaban J connectivity index is 1.35. The second-order valence-electron chi connectivity index (χ2n) is 12.6. The van der Waals surface area contributed by atoms with E-state index in [1.54, 1.807) is 7.11 Å². The molecule has 8 heteroatoms. The number of rotatable bonds is 17. The van der Waals surface area contributed by atoms with Gasteiger partial charge in [-0.3, -0.25) is 9.59 Å². The van der Waals surface area contributed by atoms with Crippen molar-refractivity contribution in [2.45, 2.75) is 59.9 Å². The standard InChI is InChI=1S/C34H50N2O6/c1-33(2,25-42-26-34(3,4)24-41-21-20-39-5)23-40-19-17-31(37)35-18-16-32(38)36-22-29-12-7-6-10-27(29)14-15-28-11-8-9-13-30(28)36/h6-13H,14-26H2,1-5H3,(H,35,37). The van der Waals surface area contributed by atoms with E-state index in [1.165, 1.54) is 16.7 Å². The van der Waals surface area contributed by atoms with Gasteiger partial charge in [0.2, 0.25) is 11.8 Å². The smallest absolute Gasteiger partial charge is 0.229 e. The van der Waals surface area contributed by atoms with Gasteiger partial charge in [0, 0.05) is 43.0 Å². The number of fused-ring (bicyclic) bond motifs is 2. The van der Waals surface area contributed by atoms with Crippen molar-refractivity contribution >= 4 is 17.5 Å². The minimum absolute atomic E-state index is 0.00201. The van der Waals surface area contributed by atoms with E-state index in [2.05, 4.69) is 57.3 Å². The maximum absolute atomic E-state index is 13.3. The number of methoxy groups -OCH3 is 1. The van der Waals surface area contributed by atoms with Gasteiger partial charge in [0.1, 0.15) is 0 Å². The lowest BCUT2D eigenvalue weighted by Crippen LogP contribution is -2.36. The van der Waals surface area contributed by atoms with Crippen LogP contribution in [-0.2, 0) is 47.9 Å². The van der Waals surface area contributed by atoms with Crippen LogP contribution in [0, 0.1) is 10.8 Å². The van der Waals surface area contributed by atoms with Gasteiger partial charge in [-0.15, -0.1) is 0 Å². The molecule has 0 radical (unpaired) electrons. The first-order valence-corrected chi connectivity index (χ1v) is 15.0. The molecule has 0 spiro atoms. The summed E-state index contributed by atoms with van der Waals surface area (Å²) in [6.07, 6.45) is 2.33. The van der Waals surface area contributed by atoms with Gasteiger partial charge in [-0.2, -0.15) is 0 Å². The Morgan fingerprint density at radius 3 is 2.00 bits per heavy atom. The number of carbonyl (C=O) groups excluding carboxylic acids is 2. The minimum atomic E-state index is -0.184. The molecule has 42 heavy (non-hydrogen) atoms. The fourth-order valence-corrected chi connectivity index (χ4v) is 4.91. The van der Waals surface area contributed by atoms with Crippen molar-refractivity contribution in [2.24, 2.45) is 10.8 Å². The van der Waals surface area contributed by atoms with E-state index in [9.17, 15) is 9.59 Å². The van der Waals surface area contributed by atoms with Gasteiger partial charge in [0.25, 0.3) is 0 Å². The lowest BCUT2D eigenvalue weighted by atomic mass is 9.94. The van der Waals surface area contributed by atoms with Crippen molar-refractivity contribution in [3.63, 3.8) is 0 Å². The lowest BCUT2D eigenvalue weighted by Gasteiger charge is -2.29. The van der Waals surface area contributed by atoms with Crippen molar-refractivity contribution in [3.8, 4) is 0 Å². The summed E-state index contributed by atoms with van der Waals surface area (Å²) in [4.78, 5) is 27.6. The van der Waals surface area contributed by atoms with E-state index in [4.69, 9.17) is 18.9 Å². The van der Waals surface area contributed by atoms with Crippen LogP contribution in [-0.4, -0.2) is 71.7 Å². The number of hydrogen-bond acceptors (Lipinski definition) is 6. The molecule has 0 aromatic heterocycles. The third-order valence-electron chi connectivity index (χ3n) is 7.23. The molecule has 232 valence electrons. The van der Waals surface area contributed by atoms with E-state index in [1.807, 2.05) is 29.2 Å². The van der Waals surface area contributed by atoms with Crippen molar-refractivity contribution in [2.75, 3.05) is 64.8 Å². The van der Waals surface area contributed by atoms with Crippen LogP contribution in [0.1, 0.15) is 57.2 Å². The van der Waals surface area contributed by atoms with Crippen LogP contribution in [0.2, 0.25) is 0 Å². The molecule has 0 unspecified atom stereocenters. The summed E-state index contributed by atoms with van der Waals surface area (Å²) >= 11 is 0. The average Bonchev–Trinajstić information content (AvgIpc) is 2.94. The largest absolute Gasteiger partial charge is 0.382 e. The highest BCUT2D eigenvalue weighted by Gasteiger charge is 2.24. The van der Waals surface area contributed by atoms with Gasteiger partial charge in [0.05, 0.1) is 52.8 Å². The molecular formula is C34H50N2O6. The topological polar surface area (TPSA) is 86.3 Å². The predicted octanol–water partition coefficient (Wildman–Crippen LogP) is 4.96. The van der Waals surface area contributed by atoms with Gasteiger partial charge < -0.3 is 29.2 Å². The van der Waals surface area contributed by atoms with E-state index in [-0.39, 0.29) is 35.5 Å². The summed E-state index contributed by atoms with van der Waals surface area (Å²) in [6, 6.07) is 16.4. The second kappa shape index (κ2) is 16.8. The Kier molecular flexibility index (Phi) is 13.4. The number of benzene rings is 2. The summed E-state index contributed by atoms with van der Waals surface area (Å²) in [5.41, 5.74) is 4.31. The third kappa shape index (κ3) is 11.5. The first kappa shape index (κ1) is 33.7. The Bertz CT molecular complexity index is 1130. The highest BCUT2D eigenvalue weighted by atomic mass is 16.5. The predicted molar refractivity (Wildman–Crippen MR) is 166 cm³/mol. The fraction of sp³-hybridized carbons (Fsp3) is 0.588. The number of anilines is 1. The third-order valence-corrected chi connectivity index (χ3v) is 7.23. The first-order chi connectivity index (χ1) is 20.1. The summed E-state index contributed by atoms with van der Waals surface area (Å²) in [5.74, 6) is -0.118. The van der Waals surface area contributed by atoms with Crippen molar-refractivity contribution < 1.29 is 28.5 Å². The van der Waals surface area contributed by atoms with Crippen LogP contribution in [0.4, 0.5) is 5.69 Å². The maximum atomic E-state index is 13.3. The quantitative estimate of drug-likeness (QED) is 0.265. The number of nitrogens with one attached hydrogen (secondary N) is 1. The van der Waals surface area contributed by atoms with Crippen LogP contribution in [0.5, 0.6) is 0 Å². The summed E-state index contributed by atoms with van der Waals surface area (Å²) in [7, 11) is 1.66. The van der Waals surface area contributed by atoms with Crippen LogP contribution in [0.25, 0.3) is 0 Å². The lowest BCUT2D eigenvalue weighted by molar-refractivity contribution is -0.123. The first-order valence-electron chi connectivity index (χ1n) is 15.0. The highest BCUT2D eigenvalue weighted by molar-refractivity contribution is 5.94. The van der Waals surface area contributed by atoms with Crippen LogP contribution in [0.3, 0.4) is 0 Å². The molecule has 1 aliphatic rings. The number of carbonyl (C=O) groups is 2. The zero-order valence-electron chi connectivity index (χ0n) is 26.2. The number of amides is 2. The molecule has 2 amide bonds. The monoisotopic (exact) mass is 582 g/mol. The van der Waals surface area contributed by atoms with Gasteiger partial charge in [-0.05, 0) is 35.6 Å².